The first kappa shape index (κ1) is 17.3. The molecule has 140 valence electrons. The Hall–Kier alpha value is -3.15. The fourth-order valence-corrected chi connectivity index (χ4v) is 3.34. The number of rotatable bonds is 5. The molecular weight excluding hydrogens is 348 g/mol. The van der Waals surface area contributed by atoms with Crippen molar-refractivity contribution in [2.24, 2.45) is 5.92 Å². The third-order valence-corrected chi connectivity index (χ3v) is 4.74. The molecule has 0 radical (unpaired) electrons. The Morgan fingerprint density at radius 3 is 2.63 bits per heavy atom. The van der Waals surface area contributed by atoms with E-state index in [2.05, 4.69) is 0 Å². The van der Waals surface area contributed by atoms with Gasteiger partial charge in [-0.3, -0.25) is 0 Å². The van der Waals surface area contributed by atoms with Gasteiger partial charge in [0.25, 0.3) is 0 Å². The van der Waals surface area contributed by atoms with Crippen molar-refractivity contribution in [1.82, 2.24) is 0 Å². The number of cyclic esters (lactones) is 1. The van der Waals surface area contributed by atoms with Crippen LogP contribution in [0.1, 0.15) is 11.1 Å². The number of hydrogen-bond donors (Lipinski definition) is 0. The first-order chi connectivity index (χ1) is 13.2. The summed E-state index contributed by atoms with van der Waals surface area (Å²) in [5.41, 5.74) is 2.58. The summed E-state index contributed by atoms with van der Waals surface area (Å²) in [4.78, 5) is 12.2. The van der Waals surface area contributed by atoms with Crippen LogP contribution in [0.15, 0.2) is 42.0 Å². The molecule has 1 atom stereocenters. The van der Waals surface area contributed by atoms with Crippen LogP contribution >= 0.6 is 0 Å². The lowest BCUT2D eigenvalue weighted by molar-refractivity contribution is -0.135. The van der Waals surface area contributed by atoms with Crippen LogP contribution < -0.4 is 18.9 Å². The zero-order chi connectivity index (χ0) is 18.8. The molecule has 2 aromatic carbocycles. The molecule has 2 aliphatic heterocycles. The predicted octanol–water partition coefficient (Wildman–Crippen LogP) is 3.23. The number of carbonyl (C=O) groups is 1. The highest BCUT2D eigenvalue weighted by Gasteiger charge is 2.31. The van der Waals surface area contributed by atoms with Gasteiger partial charge in [0, 0.05) is 11.5 Å². The topological polar surface area (TPSA) is 63.2 Å². The lowest BCUT2D eigenvalue weighted by Gasteiger charge is -2.12. The van der Waals surface area contributed by atoms with E-state index in [0.717, 1.165) is 11.1 Å². The van der Waals surface area contributed by atoms with Crippen molar-refractivity contribution in [2.75, 3.05) is 27.6 Å². The predicted molar refractivity (Wildman–Crippen MR) is 98.2 cm³/mol. The number of fused-ring (bicyclic) bond motifs is 1. The van der Waals surface area contributed by atoms with Crippen molar-refractivity contribution in [3.8, 4) is 23.0 Å². The van der Waals surface area contributed by atoms with Crippen LogP contribution in [0.3, 0.4) is 0 Å². The second-order valence-corrected chi connectivity index (χ2v) is 6.40. The Kier molecular flexibility index (Phi) is 4.62. The quantitative estimate of drug-likeness (QED) is 0.596. The van der Waals surface area contributed by atoms with Crippen LogP contribution in [0, 0.1) is 5.92 Å². The SMILES string of the molecule is COc1ccc(CC2COC(=O)C2=Cc2ccc3c(c2)OCO3)cc1OC. The molecule has 4 rings (SSSR count). The van der Waals surface area contributed by atoms with Crippen LogP contribution in [0.2, 0.25) is 0 Å². The number of ether oxygens (including phenoxy) is 5. The van der Waals surface area contributed by atoms with E-state index < -0.39 is 0 Å². The first-order valence-corrected chi connectivity index (χ1v) is 8.67. The maximum Gasteiger partial charge on any atom is 0.334 e. The molecule has 0 spiro atoms. The molecule has 2 aliphatic rings. The molecule has 1 saturated heterocycles. The van der Waals surface area contributed by atoms with Crippen molar-refractivity contribution >= 4 is 12.0 Å². The second kappa shape index (κ2) is 7.23. The van der Waals surface area contributed by atoms with Crippen LogP contribution in [-0.4, -0.2) is 33.6 Å². The second-order valence-electron chi connectivity index (χ2n) is 6.40. The molecule has 2 aromatic rings. The standard InChI is InChI=1S/C21H20O6/c1-23-17-5-3-13(9-19(17)24-2)7-15-11-25-21(22)16(15)8-14-4-6-18-20(10-14)27-12-26-18/h3-6,8-10,15H,7,11-12H2,1-2H3. The van der Waals surface area contributed by atoms with Crippen molar-refractivity contribution in [1.29, 1.82) is 0 Å². The molecule has 0 aliphatic carbocycles. The third-order valence-electron chi connectivity index (χ3n) is 4.74. The van der Waals surface area contributed by atoms with Gasteiger partial charge in [-0.05, 0) is 47.9 Å². The molecule has 0 saturated carbocycles. The lowest BCUT2D eigenvalue weighted by Crippen LogP contribution is -2.08. The van der Waals surface area contributed by atoms with Crippen LogP contribution in [0.4, 0.5) is 0 Å². The van der Waals surface area contributed by atoms with Gasteiger partial charge in [0.05, 0.1) is 20.8 Å². The monoisotopic (exact) mass is 368 g/mol. The summed E-state index contributed by atoms with van der Waals surface area (Å²) in [6.45, 7) is 0.586. The van der Waals surface area contributed by atoms with Crippen molar-refractivity contribution < 1.29 is 28.5 Å². The highest BCUT2D eigenvalue weighted by atomic mass is 16.7. The van der Waals surface area contributed by atoms with Gasteiger partial charge in [0.1, 0.15) is 0 Å². The summed E-state index contributed by atoms with van der Waals surface area (Å²) in [5.74, 6) is 2.44. The molecule has 0 aromatic heterocycles. The minimum atomic E-state index is -0.279. The Morgan fingerprint density at radius 1 is 1.00 bits per heavy atom. The Morgan fingerprint density at radius 2 is 1.81 bits per heavy atom. The van der Waals surface area contributed by atoms with Gasteiger partial charge in [-0.25, -0.2) is 4.79 Å². The molecule has 1 fully saturated rings. The highest BCUT2D eigenvalue weighted by Crippen LogP contribution is 2.35. The molecular formula is C21H20O6. The van der Waals surface area contributed by atoms with Gasteiger partial charge in [0.2, 0.25) is 6.79 Å². The van der Waals surface area contributed by atoms with Gasteiger partial charge in [-0.1, -0.05) is 12.1 Å². The van der Waals surface area contributed by atoms with Gasteiger partial charge in [-0.15, -0.1) is 0 Å². The Balaban J connectivity index is 1.58. The fraction of sp³-hybridized carbons (Fsp3) is 0.286. The summed E-state index contributed by atoms with van der Waals surface area (Å²) < 4.78 is 26.7. The van der Waals surface area contributed by atoms with E-state index >= 15 is 0 Å². The molecule has 0 amide bonds. The number of carbonyl (C=O) groups excluding carboxylic acids is 1. The number of esters is 1. The first-order valence-electron chi connectivity index (χ1n) is 8.67. The van der Waals surface area contributed by atoms with E-state index in [1.54, 1.807) is 14.2 Å². The molecule has 1 unspecified atom stereocenters. The minimum Gasteiger partial charge on any atom is -0.493 e. The van der Waals surface area contributed by atoms with Gasteiger partial charge in [0.15, 0.2) is 23.0 Å². The minimum absolute atomic E-state index is 0.0268. The fourth-order valence-electron chi connectivity index (χ4n) is 3.34. The molecule has 6 nitrogen and oxygen atoms in total. The summed E-state index contributed by atoms with van der Waals surface area (Å²) >= 11 is 0. The molecule has 0 N–H and O–H groups in total. The summed E-state index contributed by atoms with van der Waals surface area (Å²) in [5, 5.41) is 0. The number of hydrogen-bond acceptors (Lipinski definition) is 6. The smallest absolute Gasteiger partial charge is 0.334 e. The van der Waals surface area contributed by atoms with Gasteiger partial charge in [-0.2, -0.15) is 0 Å². The van der Waals surface area contributed by atoms with Crippen LogP contribution in [0.25, 0.3) is 6.08 Å². The van der Waals surface area contributed by atoms with E-state index in [1.165, 1.54) is 0 Å². The van der Waals surface area contributed by atoms with Crippen LogP contribution in [-0.2, 0) is 16.0 Å². The molecule has 27 heavy (non-hydrogen) atoms. The zero-order valence-electron chi connectivity index (χ0n) is 15.2. The van der Waals surface area contributed by atoms with Crippen LogP contribution in [0.5, 0.6) is 23.0 Å². The largest absolute Gasteiger partial charge is 0.493 e. The average molecular weight is 368 g/mol. The summed E-state index contributed by atoms with van der Waals surface area (Å²) in [7, 11) is 3.21. The van der Waals surface area contributed by atoms with Gasteiger partial charge < -0.3 is 23.7 Å². The van der Waals surface area contributed by atoms with E-state index in [-0.39, 0.29) is 18.7 Å². The van der Waals surface area contributed by atoms with E-state index in [0.29, 0.717) is 41.6 Å². The summed E-state index contributed by atoms with van der Waals surface area (Å²) in [6.07, 6.45) is 2.53. The van der Waals surface area contributed by atoms with E-state index in [9.17, 15) is 4.79 Å². The zero-order valence-corrected chi connectivity index (χ0v) is 15.2. The van der Waals surface area contributed by atoms with Crippen molar-refractivity contribution in [2.45, 2.75) is 6.42 Å². The average Bonchev–Trinajstić information content (AvgIpc) is 3.29. The normalized spacial score (nSPS) is 19.3. The third kappa shape index (κ3) is 3.43. The Labute approximate surface area is 157 Å². The highest BCUT2D eigenvalue weighted by molar-refractivity contribution is 5.96. The van der Waals surface area contributed by atoms with Crippen molar-refractivity contribution in [3.05, 3.63) is 53.1 Å². The van der Waals surface area contributed by atoms with E-state index in [4.69, 9.17) is 23.7 Å². The molecule has 6 heteroatoms. The maximum atomic E-state index is 12.2. The number of methoxy groups -OCH3 is 2. The molecule has 0 bridgehead atoms. The Bertz CT molecular complexity index is 902. The lowest BCUT2D eigenvalue weighted by atomic mass is 9.92. The molecule has 2 heterocycles. The maximum absolute atomic E-state index is 12.2. The number of benzene rings is 2. The van der Waals surface area contributed by atoms with Gasteiger partial charge >= 0.3 is 5.97 Å². The van der Waals surface area contributed by atoms with Crippen molar-refractivity contribution in [3.63, 3.8) is 0 Å². The van der Waals surface area contributed by atoms with E-state index in [1.807, 2.05) is 42.5 Å². The summed E-state index contributed by atoms with van der Waals surface area (Å²) in [6, 6.07) is 11.4.